The zero-order valence-corrected chi connectivity index (χ0v) is 15.4. The minimum Gasteiger partial charge on any atom is -0.487 e. The molecule has 0 bridgehead atoms. The van der Waals surface area contributed by atoms with Crippen molar-refractivity contribution in [3.8, 4) is 5.75 Å². The highest BCUT2D eigenvalue weighted by Gasteiger charge is 2.29. The largest absolute Gasteiger partial charge is 0.487 e. The first-order chi connectivity index (χ1) is 12.9. The number of nitrogens with zero attached hydrogens (tertiary/aromatic N) is 1. The van der Waals surface area contributed by atoms with Gasteiger partial charge >= 0.3 is 5.97 Å². The van der Waals surface area contributed by atoms with Crippen molar-refractivity contribution in [1.29, 1.82) is 0 Å². The molecule has 3 aromatic rings. The summed E-state index contributed by atoms with van der Waals surface area (Å²) >= 11 is 0. The van der Waals surface area contributed by atoms with Crippen LogP contribution in [0.3, 0.4) is 0 Å². The van der Waals surface area contributed by atoms with E-state index in [0.29, 0.717) is 16.8 Å². The fourth-order valence-corrected chi connectivity index (χ4v) is 3.82. The molecule has 4 rings (SSSR count). The van der Waals surface area contributed by atoms with Crippen LogP contribution in [0.15, 0.2) is 27.8 Å². The van der Waals surface area contributed by atoms with Crippen molar-refractivity contribution in [2.75, 3.05) is 13.2 Å². The number of H-pyrrole nitrogens is 1. The Morgan fingerprint density at radius 2 is 1.96 bits per heavy atom. The molecule has 0 spiro atoms. The van der Waals surface area contributed by atoms with E-state index < -0.39 is 6.04 Å². The predicted octanol–water partition coefficient (Wildman–Crippen LogP) is 2.35. The molecule has 140 valence electrons. The monoisotopic (exact) mass is 368 g/mol. The molecule has 27 heavy (non-hydrogen) atoms. The number of benzene rings is 1. The van der Waals surface area contributed by atoms with Gasteiger partial charge in [0, 0.05) is 22.9 Å². The van der Waals surface area contributed by atoms with E-state index in [0.717, 1.165) is 21.9 Å². The number of carbonyl (C=O) groups is 1. The third-order valence-electron chi connectivity index (χ3n) is 5.01. The van der Waals surface area contributed by atoms with E-state index >= 15 is 0 Å². The molecular weight excluding hydrogens is 348 g/mol. The van der Waals surface area contributed by atoms with Gasteiger partial charge in [0.1, 0.15) is 6.61 Å². The molecule has 1 unspecified atom stereocenters. The molecule has 0 radical (unpaired) electrons. The third kappa shape index (κ3) is 2.70. The van der Waals surface area contributed by atoms with Crippen molar-refractivity contribution in [2.45, 2.75) is 33.2 Å². The number of esters is 1. The van der Waals surface area contributed by atoms with Crippen LogP contribution in [0.2, 0.25) is 0 Å². The van der Waals surface area contributed by atoms with Crippen LogP contribution < -0.4 is 15.9 Å². The van der Waals surface area contributed by atoms with Crippen LogP contribution in [0.5, 0.6) is 5.75 Å². The molecule has 0 amide bonds. The molecule has 7 nitrogen and oxygen atoms in total. The van der Waals surface area contributed by atoms with E-state index in [1.807, 2.05) is 19.9 Å². The zero-order chi connectivity index (χ0) is 19.3. The van der Waals surface area contributed by atoms with Crippen LogP contribution in [-0.4, -0.2) is 28.7 Å². The highest BCUT2D eigenvalue weighted by atomic mass is 16.5. The minimum absolute atomic E-state index is 0.0493. The second kappa shape index (κ2) is 6.26. The number of carbonyl (C=O) groups excluding carboxylic acids is 1. The summed E-state index contributed by atoms with van der Waals surface area (Å²) in [4.78, 5) is 39.6. The third-order valence-corrected chi connectivity index (χ3v) is 5.01. The van der Waals surface area contributed by atoms with Gasteiger partial charge in [-0.05, 0) is 38.0 Å². The van der Waals surface area contributed by atoms with Crippen LogP contribution in [0.25, 0.3) is 21.8 Å². The number of hydrogen-bond acceptors (Lipinski definition) is 5. The smallest absolute Gasteiger partial charge is 0.308 e. The molecule has 0 saturated carbocycles. The summed E-state index contributed by atoms with van der Waals surface area (Å²) in [6.07, 6.45) is 0.0493. The van der Waals surface area contributed by atoms with Crippen molar-refractivity contribution < 1.29 is 14.3 Å². The van der Waals surface area contributed by atoms with Crippen molar-refractivity contribution in [3.05, 3.63) is 50.0 Å². The lowest BCUT2D eigenvalue weighted by Gasteiger charge is -2.29. The highest BCUT2D eigenvalue weighted by molar-refractivity contribution is 6.04. The predicted molar refractivity (Wildman–Crippen MR) is 102 cm³/mol. The molecule has 1 aliphatic rings. The molecule has 7 heteroatoms. The lowest BCUT2D eigenvalue weighted by molar-refractivity contribution is -0.144. The summed E-state index contributed by atoms with van der Waals surface area (Å²) in [5.41, 5.74) is 2.40. The lowest BCUT2D eigenvalue weighted by atomic mass is 10.0. The van der Waals surface area contributed by atoms with Crippen LogP contribution in [0.4, 0.5) is 0 Å². The first kappa shape index (κ1) is 17.3. The van der Waals surface area contributed by atoms with Gasteiger partial charge in [0.25, 0.3) is 5.56 Å². The van der Waals surface area contributed by atoms with Crippen molar-refractivity contribution in [2.24, 2.45) is 0 Å². The van der Waals surface area contributed by atoms with Gasteiger partial charge in [0.2, 0.25) is 5.56 Å². The van der Waals surface area contributed by atoms with E-state index in [1.165, 1.54) is 0 Å². The molecule has 1 atom stereocenters. The summed E-state index contributed by atoms with van der Waals surface area (Å²) in [7, 11) is 0. The highest BCUT2D eigenvalue weighted by Crippen LogP contribution is 2.39. The van der Waals surface area contributed by atoms with E-state index in [-0.39, 0.29) is 36.7 Å². The van der Waals surface area contributed by atoms with Crippen molar-refractivity contribution in [1.82, 2.24) is 9.55 Å². The fraction of sp³-hybridized carbons (Fsp3) is 0.350. The van der Waals surface area contributed by atoms with Gasteiger partial charge in [-0.1, -0.05) is 0 Å². The SMILES string of the molecule is CCOC(=O)CC1COc2c3[nH]c(=O)cc(C)c3cc3c(C)cc(=O)n1c23. The average Bonchev–Trinajstić information content (AvgIpc) is 2.60. The number of hydrogen-bond donors (Lipinski definition) is 1. The van der Waals surface area contributed by atoms with E-state index in [4.69, 9.17) is 9.47 Å². The number of rotatable bonds is 3. The van der Waals surface area contributed by atoms with Crippen molar-refractivity contribution >= 4 is 27.8 Å². The molecule has 0 aliphatic carbocycles. The van der Waals surface area contributed by atoms with Crippen LogP contribution >= 0.6 is 0 Å². The van der Waals surface area contributed by atoms with Crippen molar-refractivity contribution in [3.63, 3.8) is 0 Å². The molecule has 0 fully saturated rings. The Bertz CT molecular complexity index is 1210. The summed E-state index contributed by atoms with van der Waals surface area (Å²) in [6, 6.07) is 4.61. The van der Waals surface area contributed by atoms with Gasteiger partial charge in [-0.2, -0.15) is 0 Å². The Balaban J connectivity index is 2.06. The maximum atomic E-state index is 12.8. The normalized spacial score (nSPS) is 15.7. The molecule has 2 aromatic heterocycles. The number of aromatic amines is 1. The van der Waals surface area contributed by atoms with Crippen LogP contribution in [0, 0.1) is 13.8 Å². The Morgan fingerprint density at radius 3 is 2.70 bits per heavy atom. The summed E-state index contributed by atoms with van der Waals surface area (Å²) in [5, 5.41) is 1.73. The van der Waals surface area contributed by atoms with Gasteiger partial charge in [-0.3, -0.25) is 19.0 Å². The lowest BCUT2D eigenvalue weighted by Crippen LogP contribution is -2.34. The van der Waals surface area contributed by atoms with Crippen LogP contribution in [-0.2, 0) is 9.53 Å². The Morgan fingerprint density at radius 1 is 1.22 bits per heavy atom. The second-order valence-corrected chi connectivity index (χ2v) is 6.85. The quantitative estimate of drug-likeness (QED) is 0.566. The van der Waals surface area contributed by atoms with Gasteiger partial charge in [0.05, 0.1) is 30.1 Å². The number of ether oxygens (including phenoxy) is 2. The molecule has 3 heterocycles. The summed E-state index contributed by atoms with van der Waals surface area (Å²) in [5.74, 6) is 0.101. The standard InChI is InChI=1S/C20H20N2O5/c1-4-26-17(25)7-12-9-27-20-18-13(10(2)5-15(23)21-18)8-14-11(3)6-16(24)22(12)19(14)20/h5-6,8,12H,4,7,9H2,1-3H3,(H,21,23). The number of nitrogens with one attached hydrogen (secondary N) is 1. The molecule has 0 saturated heterocycles. The number of aryl methyl sites for hydroxylation is 2. The molecular formula is C20H20N2O5. The maximum Gasteiger partial charge on any atom is 0.308 e. The Labute approximate surface area is 154 Å². The van der Waals surface area contributed by atoms with Gasteiger partial charge in [0.15, 0.2) is 5.75 Å². The summed E-state index contributed by atoms with van der Waals surface area (Å²) < 4.78 is 12.6. The van der Waals surface area contributed by atoms with Gasteiger partial charge < -0.3 is 14.5 Å². The first-order valence-corrected chi connectivity index (χ1v) is 8.91. The van der Waals surface area contributed by atoms with E-state index in [1.54, 1.807) is 23.6 Å². The van der Waals surface area contributed by atoms with E-state index in [9.17, 15) is 14.4 Å². The zero-order valence-electron chi connectivity index (χ0n) is 15.4. The van der Waals surface area contributed by atoms with E-state index in [2.05, 4.69) is 4.98 Å². The second-order valence-electron chi connectivity index (χ2n) is 6.85. The Kier molecular flexibility index (Phi) is 4.02. The Hall–Kier alpha value is -3.09. The first-order valence-electron chi connectivity index (χ1n) is 8.91. The molecule has 1 N–H and O–H groups in total. The average molecular weight is 368 g/mol. The number of fused-ring (bicyclic) bond motifs is 2. The minimum atomic E-state index is -0.457. The fourth-order valence-electron chi connectivity index (χ4n) is 3.82. The maximum absolute atomic E-state index is 12.8. The van der Waals surface area contributed by atoms with Crippen LogP contribution in [0.1, 0.15) is 30.5 Å². The summed E-state index contributed by atoms with van der Waals surface area (Å²) in [6.45, 7) is 5.91. The topological polar surface area (TPSA) is 90.4 Å². The number of pyridine rings is 2. The molecule has 1 aromatic carbocycles. The molecule has 1 aliphatic heterocycles. The van der Waals surface area contributed by atoms with Gasteiger partial charge in [-0.25, -0.2) is 0 Å². The number of aromatic nitrogens is 2. The van der Waals surface area contributed by atoms with Gasteiger partial charge in [-0.15, -0.1) is 0 Å².